The van der Waals surface area contributed by atoms with Gasteiger partial charge in [-0.3, -0.25) is 4.99 Å². The number of guanidine groups is 1. The summed E-state index contributed by atoms with van der Waals surface area (Å²) in [5.41, 5.74) is 0. The summed E-state index contributed by atoms with van der Waals surface area (Å²) in [4.78, 5) is 15.2. The van der Waals surface area contributed by atoms with Gasteiger partial charge in [-0.05, 0) is 19.8 Å². The Bertz CT molecular complexity index is 762. The first-order chi connectivity index (χ1) is 13.1. The zero-order valence-electron chi connectivity index (χ0n) is 16.8. The minimum Gasteiger partial charge on any atom is -0.357 e. The molecule has 7 nitrogen and oxygen atoms in total. The van der Waals surface area contributed by atoms with Crippen LogP contribution in [0.3, 0.4) is 0 Å². The van der Waals surface area contributed by atoms with Crippen molar-refractivity contribution in [1.29, 1.82) is 0 Å². The van der Waals surface area contributed by atoms with Crippen LogP contribution in [-0.2, 0) is 25.8 Å². The molecular formula is C19H31N7S. The first-order valence-corrected chi connectivity index (χ1v) is 10.8. The lowest BCUT2D eigenvalue weighted by atomic mass is 10.1. The number of aryl methyl sites for hydroxylation is 2. The van der Waals surface area contributed by atoms with E-state index < -0.39 is 0 Å². The van der Waals surface area contributed by atoms with Gasteiger partial charge in [0.05, 0.1) is 11.6 Å². The van der Waals surface area contributed by atoms with Crippen LogP contribution in [0.4, 0.5) is 0 Å². The van der Waals surface area contributed by atoms with Gasteiger partial charge in [0, 0.05) is 49.0 Å². The average Bonchev–Trinajstić information content (AvgIpc) is 3.28. The molecule has 0 aliphatic carbocycles. The van der Waals surface area contributed by atoms with Crippen molar-refractivity contribution in [2.24, 2.45) is 4.99 Å². The fourth-order valence-electron chi connectivity index (χ4n) is 3.09. The highest BCUT2D eigenvalue weighted by Gasteiger charge is 2.23. The second-order valence-electron chi connectivity index (χ2n) is 7.19. The van der Waals surface area contributed by atoms with Gasteiger partial charge in [0.2, 0.25) is 0 Å². The topological polar surface area (TPSA) is 80.0 Å². The summed E-state index contributed by atoms with van der Waals surface area (Å²) in [5, 5.41) is 12.8. The molecule has 2 N–H and O–H groups in total. The van der Waals surface area contributed by atoms with Crippen molar-refractivity contribution in [3.63, 3.8) is 0 Å². The lowest BCUT2D eigenvalue weighted by Crippen LogP contribution is -2.47. The molecule has 2 aromatic heterocycles. The van der Waals surface area contributed by atoms with Gasteiger partial charge in [0.1, 0.15) is 5.82 Å². The van der Waals surface area contributed by atoms with E-state index in [4.69, 9.17) is 4.99 Å². The maximum atomic E-state index is 4.74. The molecule has 0 spiro atoms. The number of nitrogens with one attached hydrogen (secondary N) is 2. The fraction of sp³-hybridized carbons (Fsp3) is 0.684. The lowest BCUT2D eigenvalue weighted by Gasteiger charge is -2.25. The van der Waals surface area contributed by atoms with Crippen LogP contribution in [0.25, 0.3) is 0 Å². The lowest BCUT2D eigenvalue weighted by molar-refractivity contribution is 0.391. The van der Waals surface area contributed by atoms with Gasteiger partial charge < -0.3 is 10.6 Å². The van der Waals surface area contributed by atoms with Crippen LogP contribution in [0.5, 0.6) is 0 Å². The van der Waals surface area contributed by atoms with Gasteiger partial charge in [0.25, 0.3) is 0 Å². The quantitative estimate of drug-likeness (QED) is 0.562. The van der Waals surface area contributed by atoms with Crippen molar-refractivity contribution in [3.05, 3.63) is 27.7 Å². The van der Waals surface area contributed by atoms with Crippen LogP contribution in [0.2, 0.25) is 0 Å². The third-order valence-corrected chi connectivity index (χ3v) is 5.82. The summed E-state index contributed by atoms with van der Waals surface area (Å²) in [6, 6.07) is 0.323. The van der Waals surface area contributed by atoms with Gasteiger partial charge in [-0.2, -0.15) is 5.10 Å². The Labute approximate surface area is 165 Å². The highest BCUT2D eigenvalue weighted by atomic mass is 32.1. The Morgan fingerprint density at radius 2 is 2.26 bits per heavy atom. The van der Waals surface area contributed by atoms with E-state index in [2.05, 4.69) is 58.1 Å². The Hall–Kier alpha value is -1.96. The SMILES string of the molecule is CCNC(=NCCc1ncc(CC)s1)NC1CCc2nc(C(C)C)nn2C1. The van der Waals surface area contributed by atoms with Crippen molar-refractivity contribution in [1.82, 2.24) is 30.4 Å². The molecule has 0 radical (unpaired) electrons. The van der Waals surface area contributed by atoms with Gasteiger partial charge in [-0.25, -0.2) is 14.6 Å². The monoisotopic (exact) mass is 389 g/mol. The van der Waals surface area contributed by atoms with Crippen molar-refractivity contribution >= 4 is 17.3 Å². The second-order valence-corrected chi connectivity index (χ2v) is 8.39. The van der Waals surface area contributed by atoms with Crippen LogP contribution in [-0.4, -0.2) is 44.8 Å². The van der Waals surface area contributed by atoms with Crippen molar-refractivity contribution in [2.45, 2.75) is 71.9 Å². The second kappa shape index (κ2) is 9.30. The summed E-state index contributed by atoms with van der Waals surface area (Å²) in [7, 11) is 0. The Kier molecular flexibility index (Phi) is 6.82. The Balaban J connectivity index is 1.56. The molecule has 0 aromatic carbocycles. The summed E-state index contributed by atoms with van der Waals surface area (Å²) in [6.45, 7) is 11.0. The van der Waals surface area contributed by atoms with E-state index in [0.717, 1.165) is 67.9 Å². The zero-order chi connectivity index (χ0) is 19.2. The zero-order valence-corrected chi connectivity index (χ0v) is 17.6. The summed E-state index contributed by atoms with van der Waals surface area (Å²) >= 11 is 1.79. The maximum absolute atomic E-state index is 4.74. The van der Waals surface area contributed by atoms with Crippen LogP contribution in [0.15, 0.2) is 11.2 Å². The van der Waals surface area contributed by atoms with Crippen LogP contribution >= 0.6 is 11.3 Å². The highest BCUT2D eigenvalue weighted by molar-refractivity contribution is 7.11. The molecule has 3 heterocycles. The molecule has 0 bridgehead atoms. The van der Waals surface area contributed by atoms with E-state index in [1.54, 1.807) is 11.3 Å². The highest BCUT2D eigenvalue weighted by Crippen LogP contribution is 2.17. The van der Waals surface area contributed by atoms with Crippen LogP contribution in [0.1, 0.15) is 61.6 Å². The minimum absolute atomic E-state index is 0.323. The standard InChI is InChI=1S/C19H31N7S/c1-5-15-11-22-17(27-15)9-10-21-19(20-6-2)23-14-7-8-16-24-18(13(3)4)25-26(16)12-14/h11,13-14H,5-10,12H2,1-4H3,(H2,20,21,23). The Morgan fingerprint density at radius 3 is 2.96 bits per heavy atom. The molecule has 148 valence electrons. The predicted octanol–water partition coefficient (Wildman–Crippen LogP) is 2.53. The van der Waals surface area contributed by atoms with E-state index in [-0.39, 0.29) is 0 Å². The summed E-state index contributed by atoms with van der Waals surface area (Å²) < 4.78 is 2.06. The van der Waals surface area contributed by atoms with Gasteiger partial charge in [0.15, 0.2) is 11.8 Å². The molecule has 0 saturated carbocycles. The van der Waals surface area contributed by atoms with E-state index in [1.807, 2.05) is 6.20 Å². The molecule has 0 fully saturated rings. The number of hydrogen-bond donors (Lipinski definition) is 2. The van der Waals surface area contributed by atoms with Gasteiger partial charge in [-0.15, -0.1) is 11.3 Å². The smallest absolute Gasteiger partial charge is 0.191 e. The van der Waals surface area contributed by atoms with Crippen molar-refractivity contribution in [3.8, 4) is 0 Å². The molecular weight excluding hydrogens is 358 g/mol. The first-order valence-electron chi connectivity index (χ1n) is 10.0. The van der Waals surface area contributed by atoms with Crippen molar-refractivity contribution < 1.29 is 0 Å². The van der Waals surface area contributed by atoms with Crippen LogP contribution in [0, 0.1) is 0 Å². The van der Waals surface area contributed by atoms with Crippen LogP contribution < -0.4 is 10.6 Å². The summed E-state index contributed by atoms with van der Waals surface area (Å²) in [5.74, 6) is 3.30. The molecule has 0 amide bonds. The summed E-state index contributed by atoms with van der Waals surface area (Å²) in [6.07, 6.45) is 5.92. The minimum atomic E-state index is 0.323. The maximum Gasteiger partial charge on any atom is 0.191 e. The number of fused-ring (bicyclic) bond motifs is 1. The molecule has 2 aromatic rings. The normalized spacial score (nSPS) is 17.2. The fourth-order valence-corrected chi connectivity index (χ4v) is 3.95. The molecule has 1 atom stereocenters. The molecule has 1 aliphatic heterocycles. The van der Waals surface area contributed by atoms with Crippen molar-refractivity contribution in [2.75, 3.05) is 13.1 Å². The molecule has 0 saturated heterocycles. The van der Waals surface area contributed by atoms with E-state index in [0.29, 0.717) is 12.0 Å². The molecule has 27 heavy (non-hydrogen) atoms. The number of rotatable bonds is 7. The third kappa shape index (κ3) is 5.28. The molecule has 1 unspecified atom stereocenters. The average molecular weight is 390 g/mol. The predicted molar refractivity (Wildman–Crippen MR) is 111 cm³/mol. The number of aliphatic imine (C=N–C) groups is 1. The third-order valence-electron chi connectivity index (χ3n) is 4.62. The number of aromatic nitrogens is 4. The Morgan fingerprint density at radius 1 is 1.41 bits per heavy atom. The number of nitrogens with zero attached hydrogens (tertiary/aromatic N) is 5. The van der Waals surface area contributed by atoms with Gasteiger partial charge in [-0.1, -0.05) is 20.8 Å². The van der Waals surface area contributed by atoms with E-state index >= 15 is 0 Å². The first kappa shape index (κ1) is 19.8. The van der Waals surface area contributed by atoms with Gasteiger partial charge >= 0.3 is 0 Å². The number of thiazole rings is 1. The number of hydrogen-bond acceptors (Lipinski definition) is 5. The largest absolute Gasteiger partial charge is 0.357 e. The van der Waals surface area contributed by atoms with E-state index in [1.165, 1.54) is 4.88 Å². The molecule has 8 heteroatoms. The molecule has 1 aliphatic rings. The van der Waals surface area contributed by atoms with E-state index in [9.17, 15) is 0 Å². The molecule has 3 rings (SSSR count).